The van der Waals surface area contributed by atoms with Gasteiger partial charge in [0.25, 0.3) is 0 Å². The molecule has 144 valence electrons. The number of carbonyl (C=O) groups excluding carboxylic acids is 2. The molecular formula is C21H24O6. The van der Waals surface area contributed by atoms with Gasteiger partial charge in [-0.15, -0.1) is 0 Å². The summed E-state index contributed by atoms with van der Waals surface area (Å²) in [6.45, 7) is 5.29. The van der Waals surface area contributed by atoms with Crippen molar-refractivity contribution >= 4 is 11.9 Å². The normalized spacial score (nSPS) is 11.3. The monoisotopic (exact) mass is 372 g/mol. The van der Waals surface area contributed by atoms with E-state index in [9.17, 15) is 19.8 Å². The van der Waals surface area contributed by atoms with Crippen molar-refractivity contribution in [2.75, 3.05) is 0 Å². The number of phenolic OH excluding ortho intramolecular Hbond substituents is 2. The lowest BCUT2D eigenvalue weighted by Crippen LogP contribution is -2.38. The van der Waals surface area contributed by atoms with Gasteiger partial charge >= 0.3 is 11.9 Å². The molecule has 2 aromatic carbocycles. The van der Waals surface area contributed by atoms with Crippen molar-refractivity contribution in [3.05, 3.63) is 59.7 Å². The molecule has 0 aliphatic rings. The average Bonchev–Trinajstić information content (AvgIpc) is 2.59. The Kier molecular flexibility index (Phi) is 6.45. The van der Waals surface area contributed by atoms with E-state index in [4.69, 9.17) is 9.47 Å². The first kappa shape index (κ1) is 20.3. The van der Waals surface area contributed by atoms with Crippen molar-refractivity contribution in [3.63, 3.8) is 0 Å². The molecule has 6 heteroatoms. The van der Waals surface area contributed by atoms with Crippen molar-refractivity contribution in [3.8, 4) is 11.5 Å². The molecule has 0 saturated carbocycles. The van der Waals surface area contributed by atoms with Gasteiger partial charge in [-0.05, 0) is 40.8 Å². The Labute approximate surface area is 158 Å². The summed E-state index contributed by atoms with van der Waals surface area (Å²) in [5, 5.41) is 18.6. The zero-order chi connectivity index (χ0) is 20.0. The van der Waals surface area contributed by atoms with Gasteiger partial charge in [0.2, 0.25) is 0 Å². The Morgan fingerprint density at radius 3 is 1.41 bits per heavy atom. The third-order valence-corrected chi connectivity index (χ3v) is 3.97. The van der Waals surface area contributed by atoms with Crippen molar-refractivity contribution in [2.24, 2.45) is 11.3 Å². The van der Waals surface area contributed by atoms with Crippen LogP contribution < -0.4 is 0 Å². The average molecular weight is 372 g/mol. The van der Waals surface area contributed by atoms with Crippen LogP contribution >= 0.6 is 0 Å². The number of aromatic hydroxyl groups is 2. The van der Waals surface area contributed by atoms with Crippen molar-refractivity contribution in [1.29, 1.82) is 0 Å². The summed E-state index contributed by atoms with van der Waals surface area (Å²) in [5.41, 5.74) is 0.718. The summed E-state index contributed by atoms with van der Waals surface area (Å²) in [6.07, 6.45) is 0. The van der Waals surface area contributed by atoms with Crippen LogP contribution in [-0.2, 0) is 32.3 Å². The molecule has 6 nitrogen and oxygen atoms in total. The zero-order valence-corrected chi connectivity index (χ0v) is 15.6. The fraction of sp³-hybridized carbons (Fsp3) is 0.333. The largest absolute Gasteiger partial charge is 0.508 e. The zero-order valence-electron chi connectivity index (χ0n) is 15.6. The van der Waals surface area contributed by atoms with E-state index in [2.05, 4.69) is 0 Å². The second kappa shape index (κ2) is 8.58. The molecule has 2 rings (SSSR count). The van der Waals surface area contributed by atoms with E-state index >= 15 is 0 Å². The second-order valence-corrected chi connectivity index (χ2v) is 7.35. The predicted molar refractivity (Wildman–Crippen MR) is 98.8 cm³/mol. The molecule has 0 aliphatic heterocycles. The fourth-order valence-corrected chi connectivity index (χ4v) is 2.46. The van der Waals surface area contributed by atoms with Crippen molar-refractivity contribution in [2.45, 2.75) is 34.0 Å². The minimum atomic E-state index is -1.08. The summed E-state index contributed by atoms with van der Waals surface area (Å²) >= 11 is 0. The summed E-state index contributed by atoms with van der Waals surface area (Å²) in [6, 6.07) is 12.5. The Hall–Kier alpha value is -3.02. The van der Waals surface area contributed by atoms with Crippen LogP contribution in [0, 0.1) is 11.3 Å². The topological polar surface area (TPSA) is 93.1 Å². The lowest BCUT2D eigenvalue weighted by atomic mass is 9.81. The molecule has 0 unspecified atom stereocenters. The third kappa shape index (κ3) is 6.02. The standard InChI is InChI=1S/C21H24O6/c1-21(2,3)18(19(24)26-12-14-4-8-16(22)9-5-14)20(25)27-13-15-6-10-17(23)11-7-15/h4-11,18,22-23H,12-13H2,1-3H3. The maximum Gasteiger partial charge on any atom is 0.321 e. The lowest BCUT2D eigenvalue weighted by molar-refractivity contribution is -0.169. The fourth-order valence-electron chi connectivity index (χ4n) is 2.46. The molecular weight excluding hydrogens is 348 g/mol. The first-order chi connectivity index (χ1) is 12.7. The summed E-state index contributed by atoms with van der Waals surface area (Å²) in [5.74, 6) is -2.16. The molecule has 0 saturated heterocycles. The summed E-state index contributed by atoms with van der Waals surface area (Å²) < 4.78 is 10.6. The van der Waals surface area contributed by atoms with Crippen LogP contribution in [0.3, 0.4) is 0 Å². The molecule has 0 bridgehead atoms. The van der Waals surface area contributed by atoms with Crippen LogP contribution in [0.4, 0.5) is 0 Å². The Bertz CT molecular complexity index is 710. The highest BCUT2D eigenvalue weighted by molar-refractivity contribution is 5.95. The van der Waals surface area contributed by atoms with Gasteiger partial charge in [-0.3, -0.25) is 9.59 Å². The molecule has 2 aromatic rings. The Balaban J connectivity index is 2.00. The van der Waals surface area contributed by atoms with Crippen LogP contribution in [0.2, 0.25) is 0 Å². The lowest BCUT2D eigenvalue weighted by Gasteiger charge is -2.27. The molecule has 0 atom stereocenters. The highest BCUT2D eigenvalue weighted by Gasteiger charge is 2.40. The number of esters is 2. The van der Waals surface area contributed by atoms with Gasteiger partial charge < -0.3 is 19.7 Å². The van der Waals surface area contributed by atoms with Gasteiger partial charge in [0.15, 0.2) is 5.92 Å². The number of carbonyl (C=O) groups is 2. The number of phenols is 2. The highest BCUT2D eigenvalue weighted by Crippen LogP contribution is 2.29. The molecule has 0 fully saturated rings. The first-order valence-corrected chi connectivity index (χ1v) is 8.56. The molecule has 0 aromatic heterocycles. The van der Waals surface area contributed by atoms with Crippen molar-refractivity contribution in [1.82, 2.24) is 0 Å². The number of ether oxygens (including phenoxy) is 2. The van der Waals surface area contributed by atoms with Gasteiger partial charge in [0.05, 0.1) is 0 Å². The van der Waals surface area contributed by atoms with E-state index in [0.29, 0.717) is 11.1 Å². The quantitative estimate of drug-likeness (QED) is 0.595. The van der Waals surface area contributed by atoms with E-state index < -0.39 is 23.3 Å². The minimum absolute atomic E-state index is 0.00304. The molecule has 0 aliphatic carbocycles. The van der Waals surface area contributed by atoms with Crippen LogP contribution in [0.15, 0.2) is 48.5 Å². The van der Waals surface area contributed by atoms with Gasteiger partial charge in [0.1, 0.15) is 24.7 Å². The van der Waals surface area contributed by atoms with E-state index in [-0.39, 0.29) is 24.7 Å². The number of hydrogen-bond acceptors (Lipinski definition) is 6. The van der Waals surface area contributed by atoms with E-state index in [1.54, 1.807) is 45.0 Å². The highest BCUT2D eigenvalue weighted by atomic mass is 16.6. The van der Waals surface area contributed by atoms with Gasteiger partial charge in [-0.1, -0.05) is 45.0 Å². The van der Waals surface area contributed by atoms with E-state index in [1.165, 1.54) is 24.3 Å². The van der Waals surface area contributed by atoms with Crippen LogP contribution in [0.1, 0.15) is 31.9 Å². The first-order valence-electron chi connectivity index (χ1n) is 8.56. The summed E-state index contributed by atoms with van der Waals surface area (Å²) in [7, 11) is 0. The molecule has 0 heterocycles. The van der Waals surface area contributed by atoms with Gasteiger partial charge in [-0.2, -0.15) is 0 Å². The molecule has 0 amide bonds. The molecule has 0 spiro atoms. The Morgan fingerprint density at radius 2 is 1.11 bits per heavy atom. The number of rotatable bonds is 6. The van der Waals surface area contributed by atoms with E-state index in [0.717, 1.165) is 0 Å². The molecule has 0 radical (unpaired) electrons. The second-order valence-electron chi connectivity index (χ2n) is 7.35. The third-order valence-electron chi connectivity index (χ3n) is 3.97. The minimum Gasteiger partial charge on any atom is -0.508 e. The predicted octanol–water partition coefficient (Wildman–Crippen LogP) is 3.55. The van der Waals surface area contributed by atoms with Crippen LogP contribution in [0.25, 0.3) is 0 Å². The SMILES string of the molecule is CC(C)(C)C(C(=O)OCc1ccc(O)cc1)C(=O)OCc1ccc(O)cc1. The Morgan fingerprint density at radius 1 is 0.778 bits per heavy atom. The maximum atomic E-state index is 12.5. The maximum absolute atomic E-state index is 12.5. The van der Waals surface area contributed by atoms with Gasteiger partial charge in [0, 0.05) is 0 Å². The molecule has 2 N–H and O–H groups in total. The van der Waals surface area contributed by atoms with Crippen LogP contribution in [0.5, 0.6) is 11.5 Å². The smallest absolute Gasteiger partial charge is 0.321 e. The van der Waals surface area contributed by atoms with Gasteiger partial charge in [-0.25, -0.2) is 0 Å². The number of hydrogen-bond donors (Lipinski definition) is 2. The van der Waals surface area contributed by atoms with E-state index in [1.807, 2.05) is 0 Å². The summed E-state index contributed by atoms with van der Waals surface area (Å²) in [4.78, 5) is 25.0. The molecule has 27 heavy (non-hydrogen) atoms. The van der Waals surface area contributed by atoms with Crippen LogP contribution in [-0.4, -0.2) is 22.2 Å². The number of benzene rings is 2. The van der Waals surface area contributed by atoms with Crippen molar-refractivity contribution < 1.29 is 29.3 Å².